The maximum atomic E-state index is 13.8. The predicted molar refractivity (Wildman–Crippen MR) is 92.0 cm³/mol. The fraction of sp³-hybridized carbons (Fsp3) is 0.500. The van der Waals surface area contributed by atoms with Gasteiger partial charge in [0, 0.05) is 0 Å². The van der Waals surface area contributed by atoms with Crippen LogP contribution in [-0.2, 0) is 6.18 Å². The quantitative estimate of drug-likeness (QED) is 0.597. The molecule has 0 saturated heterocycles. The summed E-state index contributed by atoms with van der Waals surface area (Å²) in [7, 11) is 0. The highest BCUT2D eigenvalue weighted by Crippen LogP contribution is 2.44. The molecule has 0 bridgehead atoms. The fourth-order valence-electron chi connectivity index (χ4n) is 3.66. The summed E-state index contributed by atoms with van der Waals surface area (Å²) in [6, 6.07) is 7.00. The SMILES string of the molecule is CC(O)c1ccc2ccc(O[C@H]3CC[C@@H](C(F)(F)F)CC3)c(C(F)(F)F)c2c1. The Kier molecular flexibility index (Phi) is 5.53. The lowest BCUT2D eigenvalue weighted by Gasteiger charge is -2.31. The third-order valence-electron chi connectivity index (χ3n) is 5.20. The number of alkyl halides is 6. The van der Waals surface area contributed by atoms with E-state index in [1.54, 1.807) is 6.07 Å². The number of benzene rings is 2. The molecule has 3 rings (SSSR count). The van der Waals surface area contributed by atoms with Crippen molar-refractivity contribution in [1.29, 1.82) is 0 Å². The molecule has 0 amide bonds. The van der Waals surface area contributed by atoms with Gasteiger partial charge in [-0.1, -0.05) is 18.2 Å². The number of hydrogen-bond donors (Lipinski definition) is 1. The third kappa shape index (κ3) is 4.37. The number of rotatable bonds is 3. The van der Waals surface area contributed by atoms with Crippen molar-refractivity contribution < 1.29 is 36.2 Å². The molecule has 28 heavy (non-hydrogen) atoms. The van der Waals surface area contributed by atoms with Gasteiger partial charge in [-0.05, 0) is 61.1 Å². The molecular weight excluding hydrogens is 386 g/mol. The van der Waals surface area contributed by atoms with E-state index in [0.717, 1.165) is 0 Å². The standard InChI is InChI=1S/C20H20F6O2/c1-11(27)13-3-2-12-4-9-17(18(16(12)10-13)20(24,25)26)28-15-7-5-14(6-8-15)19(21,22)23/h2-4,9-11,14-15,27H,5-8H2,1H3/t11?,14-,15+. The van der Waals surface area contributed by atoms with Gasteiger partial charge in [-0.15, -0.1) is 0 Å². The van der Waals surface area contributed by atoms with Crippen LogP contribution in [0.15, 0.2) is 30.3 Å². The Balaban J connectivity index is 1.93. The lowest BCUT2D eigenvalue weighted by Crippen LogP contribution is -2.32. The van der Waals surface area contributed by atoms with Crippen LogP contribution in [0, 0.1) is 5.92 Å². The second-order valence-corrected chi connectivity index (χ2v) is 7.23. The Morgan fingerprint density at radius 3 is 2.11 bits per heavy atom. The monoisotopic (exact) mass is 406 g/mol. The Bertz CT molecular complexity index is 833. The van der Waals surface area contributed by atoms with E-state index in [1.807, 2.05) is 0 Å². The minimum Gasteiger partial charge on any atom is -0.490 e. The summed E-state index contributed by atoms with van der Waals surface area (Å²) in [4.78, 5) is 0. The van der Waals surface area contributed by atoms with Crippen molar-refractivity contribution in [2.24, 2.45) is 5.92 Å². The van der Waals surface area contributed by atoms with Gasteiger partial charge in [0.05, 0.1) is 18.1 Å². The first-order valence-corrected chi connectivity index (χ1v) is 9.02. The average Bonchev–Trinajstić information content (AvgIpc) is 2.59. The summed E-state index contributed by atoms with van der Waals surface area (Å²) >= 11 is 0. The van der Waals surface area contributed by atoms with Gasteiger partial charge in [0.2, 0.25) is 0 Å². The van der Waals surface area contributed by atoms with Gasteiger partial charge >= 0.3 is 12.4 Å². The van der Waals surface area contributed by atoms with Crippen LogP contribution in [0.2, 0.25) is 0 Å². The van der Waals surface area contributed by atoms with Gasteiger partial charge in [0.15, 0.2) is 0 Å². The number of ether oxygens (including phenoxy) is 1. The third-order valence-corrected chi connectivity index (χ3v) is 5.20. The van der Waals surface area contributed by atoms with E-state index in [4.69, 9.17) is 4.74 Å². The van der Waals surface area contributed by atoms with Crippen LogP contribution >= 0.6 is 0 Å². The van der Waals surface area contributed by atoms with Crippen LogP contribution in [0.4, 0.5) is 26.3 Å². The van der Waals surface area contributed by atoms with Crippen molar-refractivity contribution in [3.8, 4) is 5.75 Å². The van der Waals surface area contributed by atoms with Crippen molar-refractivity contribution in [3.63, 3.8) is 0 Å². The van der Waals surface area contributed by atoms with E-state index in [9.17, 15) is 31.4 Å². The molecule has 0 aliphatic heterocycles. The minimum absolute atomic E-state index is 0.0488. The van der Waals surface area contributed by atoms with Gasteiger partial charge < -0.3 is 9.84 Å². The molecule has 0 spiro atoms. The molecular formula is C20H20F6O2. The number of aliphatic hydroxyl groups is 1. The molecule has 154 valence electrons. The molecule has 1 aliphatic rings. The molecule has 1 saturated carbocycles. The zero-order chi connectivity index (χ0) is 20.7. The molecule has 2 aromatic rings. The van der Waals surface area contributed by atoms with Crippen molar-refractivity contribution in [2.45, 2.75) is 57.2 Å². The van der Waals surface area contributed by atoms with E-state index in [1.165, 1.54) is 31.2 Å². The Morgan fingerprint density at radius 1 is 0.964 bits per heavy atom. The number of aliphatic hydroxyl groups excluding tert-OH is 1. The summed E-state index contributed by atoms with van der Waals surface area (Å²) in [5, 5.41) is 9.93. The van der Waals surface area contributed by atoms with Gasteiger partial charge in [0.1, 0.15) is 11.3 Å². The number of fused-ring (bicyclic) bond motifs is 1. The number of halogens is 6. The summed E-state index contributed by atoms with van der Waals surface area (Å²) in [6.07, 6.45) is -10.9. The van der Waals surface area contributed by atoms with Gasteiger partial charge in [-0.3, -0.25) is 0 Å². The lowest BCUT2D eigenvalue weighted by molar-refractivity contribution is -0.185. The van der Waals surface area contributed by atoms with Crippen LogP contribution in [-0.4, -0.2) is 17.4 Å². The van der Waals surface area contributed by atoms with Crippen molar-refractivity contribution in [3.05, 3.63) is 41.5 Å². The molecule has 1 N–H and O–H groups in total. The second-order valence-electron chi connectivity index (χ2n) is 7.23. The highest BCUT2D eigenvalue weighted by Gasteiger charge is 2.42. The smallest absolute Gasteiger partial charge is 0.420 e. The van der Waals surface area contributed by atoms with Crippen LogP contribution in [0.5, 0.6) is 5.75 Å². The maximum Gasteiger partial charge on any atom is 0.420 e. The molecule has 8 heteroatoms. The van der Waals surface area contributed by atoms with Crippen molar-refractivity contribution in [1.82, 2.24) is 0 Å². The van der Waals surface area contributed by atoms with Gasteiger partial charge in [-0.25, -0.2) is 0 Å². The lowest BCUT2D eigenvalue weighted by atomic mass is 9.87. The molecule has 0 radical (unpaired) electrons. The Labute approximate surface area is 158 Å². The normalized spacial score (nSPS) is 22.3. The summed E-state index contributed by atoms with van der Waals surface area (Å²) in [5.74, 6) is -1.82. The molecule has 1 fully saturated rings. The second kappa shape index (κ2) is 7.46. The van der Waals surface area contributed by atoms with Crippen LogP contribution in [0.3, 0.4) is 0 Å². The highest BCUT2D eigenvalue weighted by atomic mass is 19.4. The van der Waals surface area contributed by atoms with Crippen molar-refractivity contribution in [2.75, 3.05) is 0 Å². The molecule has 0 aromatic heterocycles. The molecule has 1 aliphatic carbocycles. The van der Waals surface area contributed by atoms with Crippen LogP contribution in [0.1, 0.15) is 49.8 Å². The first-order chi connectivity index (χ1) is 13.0. The number of hydrogen-bond acceptors (Lipinski definition) is 2. The van der Waals surface area contributed by atoms with E-state index >= 15 is 0 Å². The first-order valence-electron chi connectivity index (χ1n) is 9.02. The zero-order valence-electron chi connectivity index (χ0n) is 15.1. The average molecular weight is 406 g/mol. The molecule has 1 unspecified atom stereocenters. The van der Waals surface area contributed by atoms with Gasteiger partial charge in [-0.2, -0.15) is 26.3 Å². The van der Waals surface area contributed by atoms with Gasteiger partial charge in [0.25, 0.3) is 0 Å². The summed E-state index contributed by atoms with van der Waals surface area (Å²) < 4.78 is 85.3. The highest BCUT2D eigenvalue weighted by molar-refractivity contribution is 5.89. The fourth-order valence-corrected chi connectivity index (χ4v) is 3.66. The van der Waals surface area contributed by atoms with E-state index in [0.29, 0.717) is 10.9 Å². The molecule has 2 aromatic carbocycles. The van der Waals surface area contributed by atoms with E-state index in [2.05, 4.69) is 0 Å². The maximum absolute atomic E-state index is 13.8. The zero-order valence-corrected chi connectivity index (χ0v) is 15.1. The summed E-state index contributed by atoms with van der Waals surface area (Å²) in [5.41, 5.74) is -0.633. The topological polar surface area (TPSA) is 29.5 Å². The predicted octanol–water partition coefficient (Wildman–Crippen LogP) is 6.41. The Morgan fingerprint density at radius 2 is 1.57 bits per heavy atom. The molecule has 0 heterocycles. The molecule has 2 nitrogen and oxygen atoms in total. The van der Waals surface area contributed by atoms with E-state index < -0.39 is 41.8 Å². The largest absolute Gasteiger partial charge is 0.490 e. The molecule has 1 atom stereocenters. The van der Waals surface area contributed by atoms with Crippen LogP contribution in [0.25, 0.3) is 10.8 Å². The minimum atomic E-state index is -4.71. The first kappa shape index (κ1) is 20.8. The van der Waals surface area contributed by atoms with Crippen LogP contribution < -0.4 is 4.74 Å². The summed E-state index contributed by atoms with van der Waals surface area (Å²) in [6.45, 7) is 1.45. The Hall–Kier alpha value is -1.96. The van der Waals surface area contributed by atoms with E-state index in [-0.39, 0.29) is 31.1 Å². The van der Waals surface area contributed by atoms with Crippen molar-refractivity contribution >= 4 is 10.8 Å².